The minimum Gasteiger partial charge on any atom is -0.377 e. The van der Waals surface area contributed by atoms with Crippen molar-refractivity contribution in [1.29, 1.82) is 0 Å². The Kier molecular flexibility index (Phi) is 5.07. The molecule has 0 saturated carbocycles. The van der Waals surface area contributed by atoms with E-state index >= 15 is 0 Å². The highest BCUT2D eigenvalue weighted by Crippen LogP contribution is 2.14. The molecule has 0 aliphatic carbocycles. The van der Waals surface area contributed by atoms with Crippen LogP contribution in [0.25, 0.3) is 0 Å². The Bertz CT molecular complexity index is 249. The number of carbonyl (C=O) groups excluding carboxylic acids is 1. The van der Waals surface area contributed by atoms with Crippen LogP contribution in [0, 0.1) is 0 Å². The van der Waals surface area contributed by atoms with E-state index in [1.54, 1.807) is 0 Å². The van der Waals surface area contributed by atoms with E-state index in [1.165, 1.54) is 12.8 Å². The van der Waals surface area contributed by atoms with Crippen molar-refractivity contribution in [3.63, 3.8) is 0 Å². The first kappa shape index (κ1) is 13.1. The van der Waals surface area contributed by atoms with Crippen LogP contribution in [0.3, 0.4) is 0 Å². The molecule has 2 fully saturated rings. The lowest BCUT2D eigenvalue weighted by Crippen LogP contribution is -2.50. The van der Waals surface area contributed by atoms with Crippen LogP contribution in [0.5, 0.6) is 0 Å². The molecule has 4 nitrogen and oxygen atoms in total. The highest BCUT2D eigenvalue weighted by molar-refractivity contribution is 6.18. The Labute approximate surface area is 108 Å². The maximum absolute atomic E-state index is 11.6. The largest absolute Gasteiger partial charge is 0.377 e. The number of alkyl halides is 1. The third-order valence-electron chi connectivity index (χ3n) is 3.52. The van der Waals surface area contributed by atoms with Gasteiger partial charge in [0, 0.05) is 51.6 Å². The molecule has 0 unspecified atom stereocenters. The van der Waals surface area contributed by atoms with Crippen molar-refractivity contribution in [2.75, 3.05) is 45.2 Å². The molecule has 1 amide bonds. The van der Waals surface area contributed by atoms with Gasteiger partial charge in [0.1, 0.15) is 0 Å². The van der Waals surface area contributed by atoms with Gasteiger partial charge in [-0.15, -0.1) is 11.6 Å². The fourth-order valence-corrected chi connectivity index (χ4v) is 2.66. The number of hydrogen-bond acceptors (Lipinski definition) is 3. The number of nitrogens with zero attached hydrogens (tertiary/aromatic N) is 2. The maximum Gasteiger partial charge on any atom is 0.223 e. The maximum atomic E-state index is 11.6. The summed E-state index contributed by atoms with van der Waals surface area (Å²) in [5, 5.41) is 0. The van der Waals surface area contributed by atoms with Gasteiger partial charge in [0.15, 0.2) is 0 Å². The second-order valence-corrected chi connectivity index (χ2v) is 5.13. The number of piperazine rings is 1. The van der Waals surface area contributed by atoms with E-state index in [0.717, 1.165) is 39.3 Å². The summed E-state index contributed by atoms with van der Waals surface area (Å²) >= 11 is 5.58. The van der Waals surface area contributed by atoms with E-state index < -0.39 is 0 Å². The van der Waals surface area contributed by atoms with Crippen LogP contribution in [-0.2, 0) is 9.53 Å². The predicted molar refractivity (Wildman–Crippen MR) is 67.3 cm³/mol. The zero-order valence-corrected chi connectivity index (χ0v) is 11.0. The lowest BCUT2D eigenvalue weighted by atomic mass is 10.2. The van der Waals surface area contributed by atoms with Gasteiger partial charge in [-0.1, -0.05) is 0 Å². The highest BCUT2D eigenvalue weighted by Gasteiger charge is 2.24. The van der Waals surface area contributed by atoms with Crippen molar-refractivity contribution in [2.45, 2.75) is 25.4 Å². The van der Waals surface area contributed by atoms with E-state index in [4.69, 9.17) is 16.3 Å². The first-order chi connectivity index (χ1) is 8.29. The van der Waals surface area contributed by atoms with Gasteiger partial charge in [-0.25, -0.2) is 0 Å². The van der Waals surface area contributed by atoms with Gasteiger partial charge >= 0.3 is 0 Å². The number of amides is 1. The highest BCUT2D eigenvalue weighted by atomic mass is 35.5. The topological polar surface area (TPSA) is 32.8 Å². The summed E-state index contributed by atoms with van der Waals surface area (Å²) in [6, 6.07) is 0. The van der Waals surface area contributed by atoms with E-state index in [-0.39, 0.29) is 5.91 Å². The van der Waals surface area contributed by atoms with Gasteiger partial charge in [0.2, 0.25) is 5.91 Å². The Morgan fingerprint density at radius 1 is 1.29 bits per heavy atom. The normalized spacial score (nSPS) is 26.4. The molecule has 0 N–H and O–H groups in total. The fourth-order valence-electron chi connectivity index (χ4n) is 2.50. The average Bonchev–Trinajstić information content (AvgIpc) is 2.83. The van der Waals surface area contributed by atoms with Gasteiger partial charge < -0.3 is 9.64 Å². The van der Waals surface area contributed by atoms with Gasteiger partial charge in [0.05, 0.1) is 6.10 Å². The summed E-state index contributed by atoms with van der Waals surface area (Å²) in [6.45, 7) is 5.54. The van der Waals surface area contributed by atoms with Crippen LogP contribution in [0.15, 0.2) is 0 Å². The molecular formula is C12H21ClN2O2. The molecule has 98 valence electrons. The molecule has 0 aromatic carbocycles. The molecule has 2 saturated heterocycles. The van der Waals surface area contributed by atoms with Gasteiger partial charge in [-0.3, -0.25) is 9.69 Å². The van der Waals surface area contributed by atoms with Crippen molar-refractivity contribution in [3.05, 3.63) is 0 Å². The standard InChI is InChI=1S/C12H21ClN2O2/c13-4-3-12(16)15-7-5-14(6-8-15)10-11-2-1-9-17-11/h11H,1-10H2/t11-/m0/s1. The molecule has 2 aliphatic heterocycles. The lowest BCUT2D eigenvalue weighted by molar-refractivity contribution is -0.132. The second kappa shape index (κ2) is 6.57. The van der Waals surface area contributed by atoms with Crippen molar-refractivity contribution in [2.24, 2.45) is 0 Å². The van der Waals surface area contributed by atoms with Crippen molar-refractivity contribution in [3.8, 4) is 0 Å². The molecule has 0 bridgehead atoms. The smallest absolute Gasteiger partial charge is 0.223 e. The van der Waals surface area contributed by atoms with Crippen LogP contribution in [0.1, 0.15) is 19.3 Å². The van der Waals surface area contributed by atoms with Crippen LogP contribution >= 0.6 is 11.6 Å². The van der Waals surface area contributed by atoms with Gasteiger partial charge in [-0.2, -0.15) is 0 Å². The molecule has 2 heterocycles. The number of hydrogen-bond donors (Lipinski definition) is 0. The summed E-state index contributed by atoms with van der Waals surface area (Å²) in [7, 11) is 0. The SMILES string of the molecule is O=C(CCCl)N1CCN(C[C@@H]2CCCO2)CC1. The van der Waals surface area contributed by atoms with Crippen molar-refractivity contribution >= 4 is 17.5 Å². The van der Waals surface area contributed by atoms with Crippen LogP contribution in [0.4, 0.5) is 0 Å². The molecule has 0 spiro atoms. The molecule has 0 aromatic heterocycles. The average molecular weight is 261 g/mol. The Hall–Kier alpha value is -0.320. The summed E-state index contributed by atoms with van der Waals surface area (Å²) in [5.41, 5.74) is 0. The fraction of sp³-hybridized carbons (Fsp3) is 0.917. The number of carbonyl (C=O) groups is 1. The molecule has 0 radical (unpaired) electrons. The monoisotopic (exact) mass is 260 g/mol. The Morgan fingerprint density at radius 3 is 2.65 bits per heavy atom. The van der Waals surface area contributed by atoms with Crippen LogP contribution in [-0.4, -0.2) is 67.0 Å². The Morgan fingerprint density at radius 2 is 2.06 bits per heavy atom. The predicted octanol–water partition coefficient (Wildman–Crippen LogP) is 0.938. The first-order valence-electron chi connectivity index (χ1n) is 6.47. The zero-order valence-electron chi connectivity index (χ0n) is 10.2. The molecule has 2 aliphatic rings. The summed E-state index contributed by atoms with van der Waals surface area (Å²) in [4.78, 5) is 16.0. The third kappa shape index (κ3) is 3.83. The second-order valence-electron chi connectivity index (χ2n) is 4.76. The Balaban J connectivity index is 1.68. The lowest BCUT2D eigenvalue weighted by Gasteiger charge is -2.35. The summed E-state index contributed by atoms with van der Waals surface area (Å²) in [5.74, 6) is 0.617. The zero-order chi connectivity index (χ0) is 12.1. The van der Waals surface area contributed by atoms with Crippen molar-refractivity contribution in [1.82, 2.24) is 9.80 Å². The summed E-state index contributed by atoms with van der Waals surface area (Å²) < 4.78 is 5.63. The quantitative estimate of drug-likeness (QED) is 0.706. The number of halogens is 1. The van der Waals surface area contributed by atoms with Gasteiger partial charge in [0.25, 0.3) is 0 Å². The number of rotatable bonds is 4. The molecule has 1 atom stereocenters. The molecule has 2 rings (SSSR count). The third-order valence-corrected chi connectivity index (χ3v) is 3.71. The number of ether oxygens (including phenoxy) is 1. The van der Waals surface area contributed by atoms with E-state index in [2.05, 4.69) is 4.90 Å². The van der Waals surface area contributed by atoms with Crippen LogP contribution < -0.4 is 0 Å². The first-order valence-corrected chi connectivity index (χ1v) is 7.01. The summed E-state index contributed by atoms with van der Waals surface area (Å²) in [6.07, 6.45) is 3.26. The van der Waals surface area contributed by atoms with E-state index in [1.807, 2.05) is 4.90 Å². The molecular weight excluding hydrogens is 240 g/mol. The molecule has 5 heteroatoms. The van der Waals surface area contributed by atoms with Crippen LogP contribution in [0.2, 0.25) is 0 Å². The molecule has 0 aromatic rings. The van der Waals surface area contributed by atoms with Crippen molar-refractivity contribution < 1.29 is 9.53 Å². The van der Waals surface area contributed by atoms with E-state index in [0.29, 0.717) is 18.4 Å². The van der Waals surface area contributed by atoms with Gasteiger partial charge in [-0.05, 0) is 12.8 Å². The molecule has 17 heavy (non-hydrogen) atoms. The van der Waals surface area contributed by atoms with E-state index in [9.17, 15) is 4.79 Å². The minimum absolute atomic E-state index is 0.191. The minimum atomic E-state index is 0.191.